The van der Waals surface area contributed by atoms with E-state index in [0.717, 1.165) is 17.7 Å². The first-order valence-electron chi connectivity index (χ1n) is 9.27. The van der Waals surface area contributed by atoms with Crippen molar-refractivity contribution < 1.29 is 22.7 Å². The van der Waals surface area contributed by atoms with E-state index in [1.165, 1.54) is 6.92 Å². The molecule has 0 unspecified atom stereocenters. The highest BCUT2D eigenvalue weighted by Gasteiger charge is 2.31. The second-order valence-electron chi connectivity index (χ2n) is 6.97. The van der Waals surface area contributed by atoms with Gasteiger partial charge in [0.05, 0.1) is 21.8 Å². The number of imidazole rings is 1. The van der Waals surface area contributed by atoms with E-state index < -0.39 is 17.7 Å². The molecule has 0 aliphatic rings. The number of esters is 1. The standard InChI is InChI=1S/C22H14BrClF3N3O2/c1-11(31)32-10-12-6-17(24)19(28-9-12)13-2-4-14(5-3-13)21-29-18-8-15(22(25,26)27)7-16(23)20(18)30-21/h2-9H,10H2,1H3,(H,29,30). The van der Waals surface area contributed by atoms with Gasteiger partial charge >= 0.3 is 12.1 Å². The average Bonchev–Trinajstić information content (AvgIpc) is 3.17. The Labute approximate surface area is 193 Å². The number of carbonyl (C=O) groups is 1. The number of alkyl halides is 3. The van der Waals surface area contributed by atoms with Crippen LogP contribution in [0.2, 0.25) is 5.02 Å². The fourth-order valence-corrected chi connectivity index (χ4v) is 3.96. The van der Waals surface area contributed by atoms with Crippen molar-refractivity contribution in [1.29, 1.82) is 0 Å². The molecule has 0 aliphatic heterocycles. The number of nitrogens with one attached hydrogen (secondary N) is 1. The van der Waals surface area contributed by atoms with Gasteiger partial charge in [0.15, 0.2) is 0 Å². The summed E-state index contributed by atoms with van der Waals surface area (Å²) in [5, 5.41) is 0.398. The van der Waals surface area contributed by atoms with Gasteiger partial charge in [-0.1, -0.05) is 35.9 Å². The maximum absolute atomic E-state index is 13.1. The number of rotatable bonds is 4. The zero-order valence-electron chi connectivity index (χ0n) is 16.4. The van der Waals surface area contributed by atoms with Gasteiger partial charge in [-0.3, -0.25) is 9.78 Å². The summed E-state index contributed by atoms with van der Waals surface area (Å²) in [6.07, 6.45) is -2.88. The molecule has 0 radical (unpaired) electrons. The monoisotopic (exact) mass is 523 g/mol. The van der Waals surface area contributed by atoms with E-state index in [1.54, 1.807) is 36.5 Å². The van der Waals surface area contributed by atoms with Crippen molar-refractivity contribution in [2.45, 2.75) is 19.7 Å². The fourth-order valence-electron chi connectivity index (χ4n) is 3.12. The van der Waals surface area contributed by atoms with Crippen LogP contribution in [-0.2, 0) is 22.3 Å². The lowest BCUT2D eigenvalue weighted by atomic mass is 10.1. The Balaban J connectivity index is 1.62. The van der Waals surface area contributed by atoms with Crippen LogP contribution in [0, 0.1) is 0 Å². The van der Waals surface area contributed by atoms with E-state index in [4.69, 9.17) is 16.3 Å². The molecule has 2 aromatic carbocycles. The SMILES string of the molecule is CC(=O)OCc1cnc(-c2ccc(-c3nc4c(Br)cc(C(F)(F)F)cc4[nH]3)cc2)c(Cl)c1. The van der Waals surface area contributed by atoms with Crippen molar-refractivity contribution in [2.75, 3.05) is 0 Å². The van der Waals surface area contributed by atoms with Crippen molar-refractivity contribution in [3.8, 4) is 22.6 Å². The Morgan fingerprint density at radius 3 is 2.47 bits per heavy atom. The van der Waals surface area contributed by atoms with Crippen LogP contribution in [0.25, 0.3) is 33.7 Å². The molecule has 1 N–H and O–H groups in total. The molecule has 0 fully saturated rings. The highest BCUT2D eigenvalue weighted by atomic mass is 79.9. The smallest absolute Gasteiger partial charge is 0.416 e. The minimum Gasteiger partial charge on any atom is -0.461 e. The Hall–Kier alpha value is -2.91. The topological polar surface area (TPSA) is 67.9 Å². The van der Waals surface area contributed by atoms with Crippen molar-refractivity contribution in [3.05, 3.63) is 69.3 Å². The molecule has 5 nitrogen and oxygen atoms in total. The third kappa shape index (κ3) is 4.63. The summed E-state index contributed by atoms with van der Waals surface area (Å²) in [6.45, 7) is 1.40. The molecule has 2 heterocycles. The maximum atomic E-state index is 13.1. The lowest BCUT2D eigenvalue weighted by Gasteiger charge is -2.07. The van der Waals surface area contributed by atoms with Crippen LogP contribution in [0.1, 0.15) is 18.1 Å². The van der Waals surface area contributed by atoms with E-state index in [1.807, 2.05) is 0 Å². The Bertz CT molecular complexity index is 1320. The summed E-state index contributed by atoms with van der Waals surface area (Å²) >= 11 is 9.51. The Morgan fingerprint density at radius 1 is 1.16 bits per heavy atom. The molecule has 0 atom stereocenters. The van der Waals surface area contributed by atoms with Crippen molar-refractivity contribution in [1.82, 2.24) is 15.0 Å². The van der Waals surface area contributed by atoms with Gasteiger partial charge in [-0.25, -0.2) is 4.98 Å². The highest BCUT2D eigenvalue weighted by Crippen LogP contribution is 2.36. The van der Waals surface area contributed by atoms with E-state index in [2.05, 4.69) is 30.9 Å². The Morgan fingerprint density at radius 2 is 1.84 bits per heavy atom. The van der Waals surface area contributed by atoms with Crippen molar-refractivity contribution in [3.63, 3.8) is 0 Å². The first-order chi connectivity index (χ1) is 15.1. The zero-order chi connectivity index (χ0) is 23.0. The lowest BCUT2D eigenvalue weighted by Crippen LogP contribution is -2.04. The van der Waals surface area contributed by atoms with Gasteiger partial charge in [-0.15, -0.1) is 0 Å². The summed E-state index contributed by atoms with van der Waals surface area (Å²) in [6, 6.07) is 10.8. The number of hydrogen-bond donors (Lipinski definition) is 1. The zero-order valence-corrected chi connectivity index (χ0v) is 18.8. The largest absolute Gasteiger partial charge is 0.461 e. The summed E-state index contributed by atoms with van der Waals surface area (Å²) < 4.78 is 44.4. The number of fused-ring (bicyclic) bond motifs is 1. The minimum absolute atomic E-state index is 0.0823. The molecule has 164 valence electrons. The van der Waals surface area contributed by atoms with Crippen LogP contribution in [0.15, 0.2) is 53.1 Å². The van der Waals surface area contributed by atoms with Gasteiger partial charge < -0.3 is 9.72 Å². The molecular weight excluding hydrogens is 511 g/mol. The van der Waals surface area contributed by atoms with Gasteiger partial charge in [0.25, 0.3) is 0 Å². The number of benzene rings is 2. The number of aromatic amines is 1. The number of H-pyrrole nitrogens is 1. The summed E-state index contributed by atoms with van der Waals surface area (Å²) in [7, 11) is 0. The number of nitrogens with zero attached hydrogens (tertiary/aromatic N) is 2. The van der Waals surface area contributed by atoms with Crippen LogP contribution in [0.5, 0.6) is 0 Å². The average molecular weight is 525 g/mol. The molecule has 0 amide bonds. The summed E-state index contributed by atoms with van der Waals surface area (Å²) in [5.74, 6) is 0.0374. The maximum Gasteiger partial charge on any atom is 0.416 e. The quantitative estimate of drug-likeness (QED) is 0.299. The van der Waals surface area contributed by atoms with E-state index in [-0.39, 0.29) is 16.6 Å². The van der Waals surface area contributed by atoms with Crippen LogP contribution in [0.3, 0.4) is 0 Å². The molecule has 32 heavy (non-hydrogen) atoms. The fraction of sp³-hybridized carbons (Fsp3) is 0.136. The first kappa shape index (κ1) is 22.3. The predicted octanol–water partition coefficient (Wildman–Crippen LogP) is 6.79. The normalized spacial score (nSPS) is 11.7. The number of carbonyl (C=O) groups excluding carboxylic acids is 1. The first-order valence-corrected chi connectivity index (χ1v) is 10.4. The van der Waals surface area contributed by atoms with Gasteiger partial charge in [-0.2, -0.15) is 13.2 Å². The van der Waals surface area contributed by atoms with Crippen LogP contribution < -0.4 is 0 Å². The molecule has 4 rings (SSSR count). The minimum atomic E-state index is -4.45. The van der Waals surface area contributed by atoms with Gasteiger partial charge in [0, 0.05) is 34.3 Å². The lowest BCUT2D eigenvalue weighted by molar-refractivity contribution is -0.142. The molecule has 0 spiro atoms. The molecule has 0 saturated carbocycles. The molecule has 0 aliphatic carbocycles. The van der Waals surface area contributed by atoms with Crippen LogP contribution in [0.4, 0.5) is 13.2 Å². The van der Waals surface area contributed by atoms with E-state index in [9.17, 15) is 18.0 Å². The number of aromatic nitrogens is 3. The van der Waals surface area contributed by atoms with Gasteiger partial charge in [0.1, 0.15) is 17.9 Å². The number of ether oxygens (including phenoxy) is 1. The molecule has 0 saturated heterocycles. The second kappa shape index (κ2) is 8.55. The summed E-state index contributed by atoms with van der Waals surface area (Å²) in [5.41, 5.74) is 2.57. The highest BCUT2D eigenvalue weighted by molar-refractivity contribution is 9.10. The van der Waals surface area contributed by atoms with Crippen molar-refractivity contribution >= 4 is 44.5 Å². The number of halogens is 5. The third-order valence-corrected chi connectivity index (χ3v) is 5.53. The Kier molecular flexibility index (Phi) is 5.96. The summed E-state index contributed by atoms with van der Waals surface area (Å²) in [4.78, 5) is 22.6. The number of hydrogen-bond acceptors (Lipinski definition) is 4. The number of pyridine rings is 1. The third-order valence-electron chi connectivity index (χ3n) is 4.64. The van der Waals surface area contributed by atoms with Gasteiger partial charge in [-0.05, 0) is 34.1 Å². The predicted molar refractivity (Wildman–Crippen MR) is 118 cm³/mol. The van der Waals surface area contributed by atoms with E-state index >= 15 is 0 Å². The van der Waals surface area contributed by atoms with Crippen LogP contribution >= 0.6 is 27.5 Å². The second-order valence-corrected chi connectivity index (χ2v) is 8.23. The van der Waals surface area contributed by atoms with Gasteiger partial charge in [0.2, 0.25) is 0 Å². The van der Waals surface area contributed by atoms with Crippen LogP contribution in [-0.4, -0.2) is 20.9 Å². The van der Waals surface area contributed by atoms with Crippen molar-refractivity contribution in [2.24, 2.45) is 0 Å². The van der Waals surface area contributed by atoms with E-state index in [0.29, 0.717) is 33.2 Å². The molecule has 10 heteroatoms. The molecular formula is C22H14BrClF3N3O2. The molecule has 4 aromatic rings. The molecule has 2 aromatic heterocycles. The molecule has 0 bridgehead atoms.